The maximum atomic E-state index is 14.0. The first-order valence-corrected chi connectivity index (χ1v) is 8.30. The molecule has 0 heterocycles. The predicted octanol–water partition coefficient (Wildman–Crippen LogP) is 2.63. The van der Waals surface area contributed by atoms with E-state index < -0.39 is 31.6 Å². The highest BCUT2D eigenvalue weighted by atomic mass is 32.2. The van der Waals surface area contributed by atoms with Gasteiger partial charge in [0.2, 0.25) is 0 Å². The number of nitrogens with one attached hydrogen (secondary N) is 1. The number of nitro benzene ring substituents is 1. The molecule has 8 nitrogen and oxygen atoms in total. The molecular formula is C15H13FN2O6S. The van der Waals surface area contributed by atoms with Gasteiger partial charge in [0.15, 0.2) is 0 Å². The van der Waals surface area contributed by atoms with E-state index in [1.165, 1.54) is 25.1 Å². The molecule has 1 N–H and O–H groups in total. The standard InChI is InChI=1S/C15H13FN2O6S/c1-9-12(4-3-5-13(9)18(20)21)17-25(22,23)14-8-10(15(19)24-2)6-7-11(14)16/h3-8,17H,1-2H3. The van der Waals surface area contributed by atoms with E-state index in [9.17, 15) is 27.7 Å². The van der Waals surface area contributed by atoms with E-state index >= 15 is 0 Å². The molecule has 10 heteroatoms. The number of ether oxygens (including phenoxy) is 1. The van der Waals surface area contributed by atoms with Crippen molar-refractivity contribution in [3.8, 4) is 0 Å². The summed E-state index contributed by atoms with van der Waals surface area (Å²) in [6.07, 6.45) is 0. The SMILES string of the molecule is COC(=O)c1ccc(F)c(S(=O)(=O)Nc2cccc([N+](=O)[O-])c2C)c1. The topological polar surface area (TPSA) is 116 Å². The molecule has 2 aromatic carbocycles. The third-order valence-corrected chi connectivity index (χ3v) is 4.77. The molecule has 0 atom stereocenters. The van der Waals surface area contributed by atoms with E-state index in [2.05, 4.69) is 9.46 Å². The van der Waals surface area contributed by atoms with Crippen LogP contribution in [0.2, 0.25) is 0 Å². The van der Waals surface area contributed by atoms with Crippen LogP contribution in [0.5, 0.6) is 0 Å². The lowest BCUT2D eigenvalue weighted by molar-refractivity contribution is -0.385. The minimum Gasteiger partial charge on any atom is -0.465 e. The molecule has 0 amide bonds. The van der Waals surface area contributed by atoms with Gasteiger partial charge < -0.3 is 4.74 Å². The Hall–Kier alpha value is -3.01. The van der Waals surface area contributed by atoms with Crippen molar-refractivity contribution in [2.45, 2.75) is 11.8 Å². The van der Waals surface area contributed by atoms with E-state index in [0.717, 1.165) is 25.3 Å². The number of anilines is 1. The zero-order valence-corrected chi connectivity index (χ0v) is 14.0. The molecule has 0 fully saturated rings. The fourth-order valence-electron chi connectivity index (χ4n) is 2.09. The average molecular weight is 368 g/mol. The predicted molar refractivity (Wildman–Crippen MR) is 86.4 cm³/mol. The van der Waals surface area contributed by atoms with Crippen LogP contribution in [0.1, 0.15) is 15.9 Å². The summed E-state index contributed by atoms with van der Waals surface area (Å²) in [6, 6.07) is 6.55. The number of sulfonamides is 1. The molecule has 25 heavy (non-hydrogen) atoms. The Balaban J connectivity index is 2.49. The van der Waals surface area contributed by atoms with Gasteiger partial charge in [-0.1, -0.05) is 6.07 Å². The van der Waals surface area contributed by atoms with Crippen LogP contribution >= 0.6 is 0 Å². The van der Waals surface area contributed by atoms with E-state index in [1.807, 2.05) is 0 Å². The molecule has 0 bridgehead atoms. The molecule has 2 aromatic rings. The van der Waals surface area contributed by atoms with Crippen LogP contribution in [-0.4, -0.2) is 26.4 Å². The number of esters is 1. The van der Waals surface area contributed by atoms with Crippen LogP contribution in [0.3, 0.4) is 0 Å². The molecule has 0 aliphatic carbocycles. The van der Waals surface area contributed by atoms with Gasteiger partial charge in [-0.3, -0.25) is 14.8 Å². The molecule has 2 rings (SSSR count). The molecule has 0 spiro atoms. The highest BCUT2D eigenvalue weighted by Gasteiger charge is 2.24. The Labute approximate surface area is 142 Å². The Kier molecular flexibility index (Phi) is 5.02. The van der Waals surface area contributed by atoms with Crippen LogP contribution in [0, 0.1) is 22.9 Å². The summed E-state index contributed by atoms with van der Waals surface area (Å²) < 4.78 is 45.4. The maximum Gasteiger partial charge on any atom is 0.337 e. The zero-order valence-electron chi connectivity index (χ0n) is 13.1. The normalized spacial score (nSPS) is 11.0. The summed E-state index contributed by atoms with van der Waals surface area (Å²) in [6.45, 7) is 1.36. The smallest absolute Gasteiger partial charge is 0.337 e. The maximum absolute atomic E-state index is 14.0. The van der Waals surface area contributed by atoms with Gasteiger partial charge in [0.05, 0.1) is 28.8 Å². The number of methoxy groups -OCH3 is 1. The summed E-state index contributed by atoms with van der Waals surface area (Å²) in [4.78, 5) is 21.0. The molecule has 0 aliphatic heterocycles. The van der Waals surface area contributed by atoms with E-state index in [4.69, 9.17) is 0 Å². The minimum atomic E-state index is -4.43. The monoisotopic (exact) mass is 368 g/mol. The lowest BCUT2D eigenvalue weighted by atomic mass is 10.2. The van der Waals surface area contributed by atoms with Crippen LogP contribution in [0.15, 0.2) is 41.3 Å². The minimum absolute atomic E-state index is 0.0700. The average Bonchev–Trinajstić information content (AvgIpc) is 2.55. The Morgan fingerprint density at radius 1 is 1.28 bits per heavy atom. The lowest BCUT2D eigenvalue weighted by Gasteiger charge is -2.12. The van der Waals surface area contributed by atoms with Crippen molar-refractivity contribution < 1.29 is 27.3 Å². The van der Waals surface area contributed by atoms with Crippen LogP contribution in [0.4, 0.5) is 15.8 Å². The number of nitro groups is 1. The van der Waals surface area contributed by atoms with Gasteiger partial charge in [0.25, 0.3) is 15.7 Å². The Bertz CT molecular complexity index is 958. The molecule has 0 unspecified atom stereocenters. The molecule has 132 valence electrons. The summed E-state index contributed by atoms with van der Waals surface area (Å²) in [7, 11) is -3.33. The van der Waals surface area contributed by atoms with Crippen molar-refractivity contribution in [1.29, 1.82) is 0 Å². The second-order valence-electron chi connectivity index (χ2n) is 4.95. The largest absolute Gasteiger partial charge is 0.465 e. The Morgan fingerprint density at radius 3 is 2.56 bits per heavy atom. The molecule has 0 aromatic heterocycles. The number of hydrogen-bond donors (Lipinski definition) is 1. The third kappa shape index (κ3) is 3.74. The second-order valence-corrected chi connectivity index (χ2v) is 6.60. The second kappa shape index (κ2) is 6.85. The van der Waals surface area contributed by atoms with Gasteiger partial charge in [-0.25, -0.2) is 17.6 Å². The van der Waals surface area contributed by atoms with Crippen molar-refractivity contribution in [3.63, 3.8) is 0 Å². The van der Waals surface area contributed by atoms with Gasteiger partial charge >= 0.3 is 5.97 Å². The lowest BCUT2D eigenvalue weighted by Crippen LogP contribution is -2.16. The van der Waals surface area contributed by atoms with Gasteiger partial charge in [0, 0.05) is 6.07 Å². The molecule has 0 saturated carbocycles. The molecule has 0 saturated heterocycles. The number of carbonyl (C=O) groups is 1. The first-order valence-electron chi connectivity index (χ1n) is 6.82. The summed E-state index contributed by atoms with van der Waals surface area (Å²) in [5, 5.41) is 10.9. The van der Waals surface area contributed by atoms with Gasteiger partial charge in [0.1, 0.15) is 10.7 Å². The van der Waals surface area contributed by atoms with E-state index in [0.29, 0.717) is 0 Å². The molecule has 0 radical (unpaired) electrons. The van der Waals surface area contributed by atoms with Gasteiger partial charge in [-0.05, 0) is 31.2 Å². The van der Waals surface area contributed by atoms with Gasteiger partial charge in [-0.15, -0.1) is 0 Å². The molecule has 0 aliphatic rings. The van der Waals surface area contributed by atoms with Gasteiger partial charge in [-0.2, -0.15) is 0 Å². The highest BCUT2D eigenvalue weighted by Crippen LogP contribution is 2.28. The first kappa shape index (κ1) is 18.3. The van der Waals surface area contributed by atoms with E-state index in [-0.39, 0.29) is 22.5 Å². The van der Waals surface area contributed by atoms with Crippen molar-refractivity contribution in [3.05, 3.63) is 63.5 Å². The van der Waals surface area contributed by atoms with E-state index in [1.54, 1.807) is 0 Å². The fraction of sp³-hybridized carbons (Fsp3) is 0.133. The Morgan fingerprint density at radius 2 is 1.96 bits per heavy atom. The summed E-state index contributed by atoms with van der Waals surface area (Å²) in [5.74, 6) is -1.91. The summed E-state index contributed by atoms with van der Waals surface area (Å²) in [5.41, 5.74) is -0.443. The third-order valence-electron chi connectivity index (χ3n) is 3.39. The quantitative estimate of drug-likeness (QED) is 0.493. The zero-order chi connectivity index (χ0) is 18.8. The fourth-order valence-corrected chi connectivity index (χ4v) is 3.31. The van der Waals surface area contributed by atoms with Crippen LogP contribution < -0.4 is 4.72 Å². The first-order chi connectivity index (χ1) is 11.7. The number of nitrogens with zero attached hydrogens (tertiary/aromatic N) is 1. The van der Waals surface area contributed by atoms with Crippen LogP contribution in [-0.2, 0) is 14.8 Å². The number of hydrogen-bond acceptors (Lipinski definition) is 6. The van der Waals surface area contributed by atoms with Crippen molar-refractivity contribution in [2.75, 3.05) is 11.8 Å². The number of halogens is 1. The molecular weight excluding hydrogens is 355 g/mol. The van der Waals surface area contributed by atoms with Crippen molar-refractivity contribution in [2.24, 2.45) is 0 Å². The number of rotatable bonds is 5. The number of carbonyl (C=O) groups excluding carboxylic acids is 1. The van der Waals surface area contributed by atoms with Crippen molar-refractivity contribution >= 4 is 27.4 Å². The number of benzene rings is 2. The highest BCUT2D eigenvalue weighted by molar-refractivity contribution is 7.92. The summed E-state index contributed by atoms with van der Waals surface area (Å²) >= 11 is 0. The van der Waals surface area contributed by atoms with Crippen molar-refractivity contribution in [1.82, 2.24) is 0 Å². The van der Waals surface area contributed by atoms with Crippen LogP contribution in [0.25, 0.3) is 0 Å².